The summed E-state index contributed by atoms with van der Waals surface area (Å²) < 4.78 is 25.9. The zero-order valence-corrected chi connectivity index (χ0v) is 14.1. The summed E-state index contributed by atoms with van der Waals surface area (Å²) in [4.78, 5) is 16.0. The second-order valence-corrected chi connectivity index (χ2v) is 7.83. The number of sulfonamides is 1. The van der Waals surface area contributed by atoms with Gasteiger partial charge in [-0.2, -0.15) is 0 Å². The van der Waals surface area contributed by atoms with Crippen LogP contribution in [0.3, 0.4) is 0 Å². The highest BCUT2D eigenvalue weighted by molar-refractivity contribution is 7.89. The van der Waals surface area contributed by atoms with Gasteiger partial charge in [-0.25, -0.2) is 13.1 Å². The van der Waals surface area contributed by atoms with E-state index in [2.05, 4.69) is 4.72 Å². The first-order valence-electron chi connectivity index (χ1n) is 7.29. The van der Waals surface area contributed by atoms with Crippen LogP contribution in [0.25, 0.3) is 0 Å². The summed E-state index contributed by atoms with van der Waals surface area (Å²) in [6.45, 7) is 4.23. The molecule has 0 aromatic rings. The highest BCUT2D eigenvalue weighted by atomic mass is 32.2. The molecule has 1 amide bonds. The number of hydrogen-bond donors (Lipinski definition) is 2. The van der Waals surface area contributed by atoms with Crippen LogP contribution in [-0.4, -0.2) is 80.4 Å². The molecule has 3 atom stereocenters. The molecule has 0 aromatic carbocycles. The Balaban J connectivity index is 2.71. The lowest BCUT2D eigenvalue weighted by molar-refractivity contribution is -0.133. The van der Waals surface area contributed by atoms with E-state index < -0.39 is 22.2 Å². The van der Waals surface area contributed by atoms with Gasteiger partial charge in [-0.05, 0) is 33.9 Å². The first kappa shape index (κ1) is 18.3. The molecule has 8 heteroatoms. The first-order chi connectivity index (χ1) is 9.66. The molecule has 0 aromatic heterocycles. The Kier molecular flexibility index (Phi) is 6.58. The maximum Gasteiger partial charge on any atom is 0.240 e. The molecule has 1 saturated heterocycles. The summed E-state index contributed by atoms with van der Waals surface area (Å²) in [5.41, 5.74) is 0. The standard InChI is InChI=1S/C13H27N3O4S/c1-5-6-21(19,20)14-10(2)13(18)16-9-12(17)7-11(16)8-15(3)4/h10-12,14,17H,5-9H2,1-4H3. The van der Waals surface area contributed by atoms with Crippen LogP contribution >= 0.6 is 0 Å². The minimum absolute atomic E-state index is 0.00830. The van der Waals surface area contributed by atoms with Crippen LogP contribution in [0.5, 0.6) is 0 Å². The molecule has 0 spiro atoms. The van der Waals surface area contributed by atoms with Crippen molar-refractivity contribution in [3.05, 3.63) is 0 Å². The predicted octanol–water partition coefficient (Wildman–Crippen LogP) is -0.772. The molecule has 124 valence electrons. The van der Waals surface area contributed by atoms with E-state index in [-0.39, 0.29) is 24.2 Å². The Morgan fingerprint density at radius 1 is 1.48 bits per heavy atom. The number of carbonyl (C=O) groups is 1. The number of aliphatic hydroxyl groups excluding tert-OH is 1. The van der Waals surface area contributed by atoms with Gasteiger partial charge in [-0.15, -0.1) is 0 Å². The zero-order valence-electron chi connectivity index (χ0n) is 13.2. The van der Waals surface area contributed by atoms with Crippen molar-refractivity contribution in [1.29, 1.82) is 0 Å². The van der Waals surface area contributed by atoms with Crippen molar-refractivity contribution in [3.8, 4) is 0 Å². The maximum atomic E-state index is 12.4. The molecule has 1 fully saturated rings. The van der Waals surface area contributed by atoms with Crippen molar-refractivity contribution in [3.63, 3.8) is 0 Å². The Hall–Kier alpha value is -0.700. The lowest BCUT2D eigenvalue weighted by Crippen LogP contribution is -2.50. The molecule has 1 aliphatic rings. The van der Waals surface area contributed by atoms with E-state index in [1.54, 1.807) is 18.7 Å². The largest absolute Gasteiger partial charge is 0.391 e. The quantitative estimate of drug-likeness (QED) is 0.642. The van der Waals surface area contributed by atoms with Crippen LogP contribution in [0.2, 0.25) is 0 Å². The smallest absolute Gasteiger partial charge is 0.240 e. The van der Waals surface area contributed by atoms with Crippen molar-refractivity contribution in [2.24, 2.45) is 0 Å². The van der Waals surface area contributed by atoms with Gasteiger partial charge in [0.25, 0.3) is 0 Å². The monoisotopic (exact) mass is 321 g/mol. The van der Waals surface area contributed by atoms with Crippen molar-refractivity contribution in [2.45, 2.75) is 44.9 Å². The van der Waals surface area contributed by atoms with Gasteiger partial charge in [0.1, 0.15) is 0 Å². The average Bonchev–Trinajstić information content (AvgIpc) is 2.67. The Morgan fingerprint density at radius 3 is 2.62 bits per heavy atom. The van der Waals surface area contributed by atoms with E-state index in [0.717, 1.165) is 0 Å². The molecule has 0 saturated carbocycles. The van der Waals surface area contributed by atoms with Crippen LogP contribution in [0.4, 0.5) is 0 Å². The molecule has 7 nitrogen and oxygen atoms in total. The normalized spacial score (nSPS) is 24.6. The fourth-order valence-electron chi connectivity index (χ4n) is 2.65. The molecule has 2 N–H and O–H groups in total. The molecular weight excluding hydrogens is 294 g/mol. The minimum Gasteiger partial charge on any atom is -0.391 e. The molecule has 21 heavy (non-hydrogen) atoms. The highest BCUT2D eigenvalue weighted by Crippen LogP contribution is 2.19. The van der Waals surface area contributed by atoms with Crippen molar-refractivity contribution in [2.75, 3.05) is 32.9 Å². The second kappa shape index (κ2) is 7.53. The molecule has 0 radical (unpaired) electrons. The fourth-order valence-corrected chi connectivity index (χ4v) is 3.95. The van der Waals surface area contributed by atoms with Crippen molar-refractivity contribution in [1.82, 2.24) is 14.5 Å². The van der Waals surface area contributed by atoms with E-state index in [4.69, 9.17) is 0 Å². The molecule has 3 unspecified atom stereocenters. The number of rotatable bonds is 7. The summed E-state index contributed by atoms with van der Waals surface area (Å²) in [6, 6.07) is -0.892. The number of likely N-dealkylation sites (tertiary alicyclic amines) is 1. The summed E-state index contributed by atoms with van der Waals surface area (Å²) in [5.74, 6) is -0.271. The van der Waals surface area contributed by atoms with Crippen LogP contribution < -0.4 is 4.72 Å². The van der Waals surface area contributed by atoms with E-state index in [9.17, 15) is 18.3 Å². The number of likely N-dealkylation sites (N-methyl/N-ethyl adjacent to an activating group) is 1. The Morgan fingerprint density at radius 2 is 2.10 bits per heavy atom. The highest BCUT2D eigenvalue weighted by Gasteiger charge is 2.37. The van der Waals surface area contributed by atoms with Gasteiger partial charge in [0, 0.05) is 19.1 Å². The summed E-state index contributed by atoms with van der Waals surface area (Å²) >= 11 is 0. The number of hydrogen-bond acceptors (Lipinski definition) is 5. The summed E-state index contributed by atoms with van der Waals surface area (Å²) in [6.07, 6.45) is 0.485. The fraction of sp³-hybridized carbons (Fsp3) is 0.923. The van der Waals surface area contributed by atoms with Gasteiger partial charge >= 0.3 is 0 Å². The minimum atomic E-state index is -3.43. The zero-order chi connectivity index (χ0) is 16.2. The van der Waals surface area contributed by atoms with E-state index in [1.807, 2.05) is 19.0 Å². The number of nitrogens with zero attached hydrogens (tertiary/aromatic N) is 2. The maximum absolute atomic E-state index is 12.4. The van der Waals surface area contributed by atoms with Gasteiger partial charge in [0.15, 0.2) is 0 Å². The van der Waals surface area contributed by atoms with Gasteiger partial charge in [0.05, 0.1) is 17.9 Å². The number of β-amino-alcohol motifs (C(OH)–C–C–N with tert-alkyl or cyclic N) is 1. The van der Waals surface area contributed by atoms with Gasteiger partial charge in [-0.3, -0.25) is 4.79 Å². The topological polar surface area (TPSA) is 90.0 Å². The van der Waals surface area contributed by atoms with Crippen LogP contribution in [0.15, 0.2) is 0 Å². The number of amides is 1. The van der Waals surface area contributed by atoms with Crippen LogP contribution in [-0.2, 0) is 14.8 Å². The number of aliphatic hydroxyl groups is 1. The Labute approximate surface area is 127 Å². The van der Waals surface area contributed by atoms with E-state index in [0.29, 0.717) is 19.4 Å². The first-order valence-corrected chi connectivity index (χ1v) is 8.94. The molecule has 1 heterocycles. The van der Waals surface area contributed by atoms with E-state index in [1.165, 1.54) is 0 Å². The molecule has 1 aliphatic heterocycles. The second-order valence-electron chi connectivity index (χ2n) is 5.95. The van der Waals surface area contributed by atoms with Gasteiger partial charge in [0.2, 0.25) is 15.9 Å². The summed E-state index contributed by atoms with van der Waals surface area (Å²) in [5, 5.41) is 9.78. The third kappa shape index (κ3) is 5.54. The molecule has 0 aliphatic carbocycles. The molecular formula is C13H27N3O4S. The van der Waals surface area contributed by atoms with Gasteiger partial charge < -0.3 is 14.9 Å². The Bertz CT molecular complexity index is 452. The van der Waals surface area contributed by atoms with E-state index >= 15 is 0 Å². The summed E-state index contributed by atoms with van der Waals surface area (Å²) in [7, 11) is 0.377. The molecule has 1 rings (SSSR count). The molecule has 0 bridgehead atoms. The average molecular weight is 321 g/mol. The van der Waals surface area contributed by atoms with Crippen LogP contribution in [0, 0.1) is 0 Å². The predicted molar refractivity (Wildman–Crippen MR) is 81.4 cm³/mol. The van der Waals surface area contributed by atoms with Gasteiger partial charge in [-0.1, -0.05) is 6.92 Å². The lowest BCUT2D eigenvalue weighted by Gasteiger charge is -2.29. The third-order valence-corrected chi connectivity index (χ3v) is 5.11. The van der Waals surface area contributed by atoms with Crippen molar-refractivity contribution < 1.29 is 18.3 Å². The van der Waals surface area contributed by atoms with Crippen molar-refractivity contribution >= 4 is 15.9 Å². The van der Waals surface area contributed by atoms with Crippen LogP contribution in [0.1, 0.15) is 26.7 Å². The lowest BCUT2D eigenvalue weighted by atomic mass is 10.2. The third-order valence-electron chi connectivity index (χ3n) is 3.45. The number of nitrogens with one attached hydrogen (secondary N) is 1. The SMILES string of the molecule is CCCS(=O)(=O)NC(C)C(=O)N1CC(O)CC1CN(C)C. The number of carbonyl (C=O) groups excluding carboxylic acids is 1.